The quantitative estimate of drug-likeness (QED) is 0.336. The molecule has 0 unspecified atom stereocenters. The van der Waals surface area contributed by atoms with Crippen molar-refractivity contribution >= 4 is 17.9 Å². The zero-order chi connectivity index (χ0) is 18.8. The van der Waals surface area contributed by atoms with E-state index in [4.69, 9.17) is 14.2 Å². The van der Waals surface area contributed by atoms with Gasteiger partial charge in [0.1, 0.15) is 6.10 Å². The molecular formula is C19H24O6. The third-order valence-corrected chi connectivity index (χ3v) is 4.91. The minimum Gasteiger partial charge on any atom is -0.468 e. The summed E-state index contributed by atoms with van der Waals surface area (Å²) >= 11 is 0. The van der Waals surface area contributed by atoms with Crippen molar-refractivity contribution in [3.05, 3.63) is 36.0 Å². The van der Waals surface area contributed by atoms with E-state index < -0.39 is 17.4 Å². The second kappa shape index (κ2) is 7.25. The first-order valence-electron chi connectivity index (χ1n) is 8.19. The molecule has 2 aliphatic rings. The summed E-state index contributed by atoms with van der Waals surface area (Å²) in [7, 11) is 2.51. The molecule has 0 aromatic rings. The maximum absolute atomic E-state index is 12.6. The van der Waals surface area contributed by atoms with Crippen LogP contribution in [0.3, 0.4) is 0 Å². The Kier molecular flexibility index (Phi) is 5.50. The number of hydrogen-bond donors (Lipinski definition) is 0. The van der Waals surface area contributed by atoms with Gasteiger partial charge < -0.3 is 14.2 Å². The monoisotopic (exact) mass is 348 g/mol. The number of esters is 3. The van der Waals surface area contributed by atoms with Crippen molar-refractivity contribution in [2.45, 2.75) is 32.8 Å². The van der Waals surface area contributed by atoms with E-state index in [0.29, 0.717) is 12.8 Å². The molecule has 0 saturated carbocycles. The summed E-state index contributed by atoms with van der Waals surface area (Å²) < 4.78 is 15.2. The first kappa shape index (κ1) is 19.0. The second-order valence-corrected chi connectivity index (χ2v) is 6.47. The summed E-state index contributed by atoms with van der Waals surface area (Å²) in [4.78, 5) is 36.5. The molecule has 0 amide bonds. The fourth-order valence-electron chi connectivity index (χ4n) is 3.84. The highest BCUT2D eigenvalue weighted by molar-refractivity contribution is 6.04. The van der Waals surface area contributed by atoms with Gasteiger partial charge in [-0.1, -0.05) is 24.3 Å². The van der Waals surface area contributed by atoms with Crippen LogP contribution in [0.15, 0.2) is 36.0 Å². The van der Waals surface area contributed by atoms with Crippen LogP contribution in [0.25, 0.3) is 0 Å². The molecule has 2 rings (SSSR count). The fraction of sp³-hybridized carbons (Fsp3) is 0.526. The van der Waals surface area contributed by atoms with Gasteiger partial charge in [-0.05, 0) is 37.3 Å². The van der Waals surface area contributed by atoms with Crippen LogP contribution in [-0.2, 0) is 28.6 Å². The molecule has 6 nitrogen and oxygen atoms in total. The lowest BCUT2D eigenvalue weighted by molar-refractivity contribution is -0.169. The predicted molar refractivity (Wildman–Crippen MR) is 90.3 cm³/mol. The van der Waals surface area contributed by atoms with E-state index in [1.807, 2.05) is 19.1 Å². The minimum atomic E-state index is -1.52. The van der Waals surface area contributed by atoms with Crippen molar-refractivity contribution in [1.82, 2.24) is 0 Å². The van der Waals surface area contributed by atoms with Crippen molar-refractivity contribution in [3.8, 4) is 0 Å². The molecule has 25 heavy (non-hydrogen) atoms. The van der Waals surface area contributed by atoms with Gasteiger partial charge in [0.25, 0.3) is 0 Å². The van der Waals surface area contributed by atoms with Gasteiger partial charge in [0, 0.05) is 12.8 Å². The normalized spacial score (nSPS) is 26.7. The van der Waals surface area contributed by atoms with Crippen molar-refractivity contribution < 1.29 is 28.6 Å². The van der Waals surface area contributed by atoms with Crippen molar-refractivity contribution in [2.75, 3.05) is 14.2 Å². The summed E-state index contributed by atoms with van der Waals surface area (Å²) in [5, 5.41) is 0. The summed E-state index contributed by atoms with van der Waals surface area (Å²) in [5.41, 5.74) is 0.0542. The van der Waals surface area contributed by atoms with Gasteiger partial charge >= 0.3 is 17.9 Å². The summed E-state index contributed by atoms with van der Waals surface area (Å²) in [5.74, 6) is -2.24. The fourth-order valence-corrected chi connectivity index (χ4v) is 3.84. The van der Waals surface area contributed by atoms with Crippen LogP contribution in [0.2, 0.25) is 0 Å². The van der Waals surface area contributed by atoms with Crippen LogP contribution < -0.4 is 0 Å². The number of carbonyl (C=O) groups excluding carboxylic acids is 3. The van der Waals surface area contributed by atoms with Gasteiger partial charge in [-0.3, -0.25) is 14.4 Å². The molecule has 0 aliphatic heterocycles. The molecule has 6 heteroatoms. The largest absolute Gasteiger partial charge is 0.468 e. The molecule has 0 radical (unpaired) electrons. The van der Waals surface area contributed by atoms with Gasteiger partial charge in [0.15, 0.2) is 5.41 Å². The molecule has 0 heterocycles. The van der Waals surface area contributed by atoms with Crippen LogP contribution in [0, 0.1) is 17.3 Å². The molecule has 0 bridgehead atoms. The van der Waals surface area contributed by atoms with E-state index in [0.717, 1.165) is 11.1 Å². The zero-order valence-corrected chi connectivity index (χ0v) is 15.0. The van der Waals surface area contributed by atoms with Gasteiger partial charge in [0.2, 0.25) is 0 Å². The number of hydrogen-bond acceptors (Lipinski definition) is 6. The lowest BCUT2D eigenvalue weighted by Crippen LogP contribution is -2.45. The highest BCUT2D eigenvalue weighted by Crippen LogP contribution is 2.52. The Morgan fingerprint density at radius 1 is 1.08 bits per heavy atom. The average molecular weight is 348 g/mol. The molecule has 0 aromatic carbocycles. The number of allylic oxidation sites excluding steroid dienone is 3. The second-order valence-electron chi connectivity index (χ2n) is 6.47. The molecule has 0 N–H and O–H groups in total. The zero-order valence-electron chi connectivity index (χ0n) is 15.0. The van der Waals surface area contributed by atoms with Gasteiger partial charge in [-0.15, -0.1) is 0 Å². The van der Waals surface area contributed by atoms with E-state index in [9.17, 15) is 14.4 Å². The summed E-state index contributed by atoms with van der Waals surface area (Å²) in [6.45, 7) is 7.15. The molecule has 136 valence electrons. The standard InChI is InChI=1S/C19H24O6/c1-11(2)15-10-19(17(21)23-4,18(22)24-5)16-9-7-13(25-12(3)20)6-8-14(15)16/h6,8,10,13-14,16H,1,7,9H2,2-5H3/t13-,14-,16-/m1/s1. The Labute approximate surface area is 147 Å². The maximum Gasteiger partial charge on any atom is 0.327 e. The summed E-state index contributed by atoms with van der Waals surface area (Å²) in [6, 6.07) is 0. The maximum atomic E-state index is 12.6. The van der Waals surface area contributed by atoms with Crippen molar-refractivity contribution in [2.24, 2.45) is 17.3 Å². The molecule has 0 spiro atoms. The van der Waals surface area contributed by atoms with Gasteiger partial charge in [-0.2, -0.15) is 0 Å². The Balaban J connectivity index is 2.52. The number of rotatable bonds is 4. The SMILES string of the molecule is C=C(C)C1=CC(C(=O)OC)(C(=O)OC)[C@@H]2CC[C@H](OC(C)=O)C=C[C@H]12. The lowest BCUT2D eigenvalue weighted by atomic mass is 9.72. The van der Waals surface area contributed by atoms with E-state index in [1.54, 1.807) is 6.08 Å². The predicted octanol–water partition coefficient (Wildman–Crippen LogP) is 2.35. The first-order valence-corrected chi connectivity index (χ1v) is 8.19. The van der Waals surface area contributed by atoms with Crippen LogP contribution >= 0.6 is 0 Å². The Morgan fingerprint density at radius 2 is 1.68 bits per heavy atom. The van der Waals surface area contributed by atoms with Crippen LogP contribution in [0.5, 0.6) is 0 Å². The Hall–Kier alpha value is -2.37. The van der Waals surface area contributed by atoms with E-state index in [1.165, 1.54) is 21.1 Å². The lowest BCUT2D eigenvalue weighted by Gasteiger charge is -2.31. The Morgan fingerprint density at radius 3 is 2.16 bits per heavy atom. The van der Waals surface area contributed by atoms with E-state index in [-0.39, 0.29) is 23.9 Å². The molecule has 0 aromatic heterocycles. The van der Waals surface area contributed by atoms with E-state index >= 15 is 0 Å². The minimum absolute atomic E-state index is 0.198. The number of methoxy groups -OCH3 is 2. The van der Waals surface area contributed by atoms with Crippen LogP contribution in [-0.4, -0.2) is 38.2 Å². The topological polar surface area (TPSA) is 78.9 Å². The highest BCUT2D eigenvalue weighted by Gasteiger charge is 2.59. The number of ether oxygens (including phenoxy) is 3. The third kappa shape index (κ3) is 3.25. The summed E-state index contributed by atoms with van der Waals surface area (Å²) in [6.07, 6.45) is 5.95. The third-order valence-electron chi connectivity index (χ3n) is 4.91. The molecule has 0 saturated heterocycles. The first-order chi connectivity index (χ1) is 11.8. The van der Waals surface area contributed by atoms with Crippen molar-refractivity contribution in [1.29, 1.82) is 0 Å². The van der Waals surface area contributed by atoms with Crippen LogP contribution in [0.4, 0.5) is 0 Å². The van der Waals surface area contributed by atoms with Crippen LogP contribution in [0.1, 0.15) is 26.7 Å². The van der Waals surface area contributed by atoms with Gasteiger partial charge in [0.05, 0.1) is 14.2 Å². The average Bonchev–Trinajstić information content (AvgIpc) is 2.77. The number of fused-ring (bicyclic) bond motifs is 1. The van der Waals surface area contributed by atoms with Gasteiger partial charge in [-0.25, -0.2) is 0 Å². The molecule has 2 aliphatic carbocycles. The molecule has 3 atom stereocenters. The number of carbonyl (C=O) groups is 3. The highest BCUT2D eigenvalue weighted by atomic mass is 16.5. The van der Waals surface area contributed by atoms with E-state index in [2.05, 4.69) is 6.58 Å². The van der Waals surface area contributed by atoms with Crippen molar-refractivity contribution in [3.63, 3.8) is 0 Å². The smallest absolute Gasteiger partial charge is 0.327 e. The molecular weight excluding hydrogens is 324 g/mol. The molecule has 0 fully saturated rings. The Bertz CT molecular complexity index is 641.